The summed E-state index contributed by atoms with van der Waals surface area (Å²) in [4.78, 5) is 26.3. The number of nitrogens with zero attached hydrogens (tertiary/aromatic N) is 2. The summed E-state index contributed by atoms with van der Waals surface area (Å²) in [6.07, 6.45) is 1.22. The molecule has 1 heterocycles. The van der Waals surface area contributed by atoms with Gasteiger partial charge in [0, 0.05) is 12.7 Å². The minimum atomic E-state index is -1.32. The van der Waals surface area contributed by atoms with Gasteiger partial charge in [-0.1, -0.05) is 0 Å². The van der Waals surface area contributed by atoms with Crippen LogP contribution < -0.4 is 11.3 Å². The van der Waals surface area contributed by atoms with Crippen molar-refractivity contribution >= 4 is 5.97 Å². The molecule has 1 aromatic rings. The SMILES string of the molecule is CCn1c(C)ncc(C(N)C(=O)O)c1=O. The van der Waals surface area contributed by atoms with Gasteiger partial charge in [0.25, 0.3) is 5.56 Å². The summed E-state index contributed by atoms with van der Waals surface area (Å²) in [5.41, 5.74) is 4.98. The van der Waals surface area contributed by atoms with Gasteiger partial charge in [0.05, 0.1) is 5.56 Å². The average Bonchev–Trinajstić information content (AvgIpc) is 2.17. The largest absolute Gasteiger partial charge is 0.480 e. The molecule has 6 heteroatoms. The second kappa shape index (κ2) is 4.22. The first-order valence-electron chi connectivity index (χ1n) is 4.53. The third-order valence-electron chi connectivity index (χ3n) is 2.19. The van der Waals surface area contributed by atoms with Gasteiger partial charge in [-0.25, -0.2) is 4.98 Å². The fraction of sp³-hybridized carbons (Fsp3) is 0.444. The van der Waals surface area contributed by atoms with Crippen LogP contribution >= 0.6 is 0 Å². The van der Waals surface area contributed by atoms with Crippen molar-refractivity contribution in [1.29, 1.82) is 0 Å². The maximum atomic E-state index is 11.7. The Balaban J connectivity index is 3.34. The van der Waals surface area contributed by atoms with E-state index in [1.807, 2.05) is 0 Å². The fourth-order valence-corrected chi connectivity index (χ4v) is 1.31. The zero-order chi connectivity index (χ0) is 11.6. The Bertz CT molecular complexity index is 439. The summed E-state index contributed by atoms with van der Waals surface area (Å²) in [6, 6.07) is -1.32. The number of carbonyl (C=O) groups is 1. The minimum Gasteiger partial charge on any atom is -0.480 e. The highest BCUT2D eigenvalue weighted by Gasteiger charge is 2.19. The Morgan fingerprint density at radius 1 is 1.73 bits per heavy atom. The number of rotatable bonds is 3. The number of hydrogen-bond donors (Lipinski definition) is 2. The first kappa shape index (κ1) is 11.4. The Hall–Kier alpha value is -1.69. The standard InChI is InChI=1S/C9H13N3O3/c1-3-12-5(2)11-4-6(8(12)13)7(10)9(14)15/h4,7H,3,10H2,1-2H3,(H,14,15). The summed E-state index contributed by atoms with van der Waals surface area (Å²) < 4.78 is 1.39. The highest BCUT2D eigenvalue weighted by Crippen LogP contribution is 2.04. The molecule has 0 fully saturated rings. The van der Waals surface area contributed by atoms with Gasteiger partial charge < -0.3 is 10.8 Å². The van der Waals surface area contributed by atoms with Gasteiger partial charge in [0.2, 0.25) is 0 Å². The van der Waals surface area contributed by atoms with Crippen LogP contribution in [0, 0.1) is 6.92 Å². The predicted molar refractivity (Wildman–Crippen MR) is 53.5 cm³/mol. The molecule has 3 N–H and O–H groups in total. The van der Waals surface area contributed by atoms with Crippen LogP contribution in [-0.4, -0.2) is 20.6 Å². The quantitative estimate of drug-likeness (QED) is 0.712. The lowest BCUT2D eigenvalue weighted by Crippen LogP contribution is -2.33. The number of carboxylic acid groups (broad SMARTS) is 1. The number of aryl methyl sites for hydroxylation is 1. The molecule has 0 aliphatic heterocycles. The van der Waals surface area contributed by atoms with Crippen molar-refractivity contribution in [3.63, 3.8) is 0 Å². The number of aromatic nitrogens is 2. The van der Waals surface area contributed by atoms with Crippen molar-refractivity contribution in [3.05, 3.63) is 27.9 Å². The van der Waals surface area contributed by atoms with E-state index in [1.54, 1.807) is 13.8 Å². The lowest BCUT2D eigenvalue weighted by molar-refractivity contribution is -0.138. The number of nitrogens with two attached hydrogens (primary N) is 1. The van der Waals surface area contributed by atoms with Gasteiger partial charge in [-0.05, 0) is 13.8 Å². The van der Waals surface area contributed by atoms with Crippen LogP contribution in [0.15, 0.2) is 11.0 Å². The molecule has 0 amide bonds. The maximum absolute atomic E-state index is 11.7. The predicted octanol–water partition coefficient (Wildman–Crippen LogP) is -0.344. The highest BCUT2D eigenvalue weighted by molar-refractivity contribution is 5.74. The van der Waals surface area contributed by atoms with Gasteiger partial charge in [-0.15, -0.1) is 0 Å². The number of aliphatic carboxylic acids is 1. The van der Waals surface area contributed by atoms with Crippen LogP contribution in [-0.2, 0) is 11.3 Å². The van der Waals surface area contributed by atoms with Crippen LogP contribution in [0.1, 0.15) is 24.4 Å². The minimum absolute atomic E-state index is 0.00921. The monoisotopic (exact) mass is 211 g/mol. The van der Waals surface area contributed by atoms with E-state index in [-0.39, 0.29) is 11.1 Å². The van der Waals surface area contributed by atoms with Gasteiger partial charge in [-0.2, -0.15) is 0 Å². The number of hydrogen-bond acceptors (Lipinski definition) is 4. The average molecular weight is 211 g/mol. The Morgan fingerprint density at radius 3 is 2.80 bits per heavy atom. The molecule has 1 rings (SSSR count). The summed E-state index contributed by atoms with van der Waals surface area (Å²) in [5, 5.41) is 8.69. The molecular weight excluding hydrogens is 198 g/mol. The second-order valence-electron chi connectivity index (χ2n) is 3.13. The molecule has 0 saturated carbocycles. The fourth-order valence-electron chi connectivity index (χ4n) is 1.31. The van der Waals surface area contributed by atoms with E-state index in [0.29, 0.717) is 12.4 Å². The van der Waals surface area contributed by atoms with Gasteiger partial charge in [0.15, 0.2) is 0 Å². The number of carboxylic acids is 1. The van der Waals surface area contributed by atoms with E-state index in [1.165, 1.54) is 10.8 Å². The first-order chi connectivity index (χ1) is 6.99. The third kappa shape index (κ3) is 2.04. The molecule has 0 aliphatic carbocycles. The summed E-state index contributed by atoms with van der Waals surface area (Å²) in [5.74, 6) is -0.691. The van der Waals surface area contributed by atoms with Crippen LogP contribution in [0.2, 0.25) is 0 Å². The highest BCUT2D eigenvalue weighted by atomic mass is 16.4. The van der Waals surface area contributed by atoms with E-state index < -0.39 is 12.0 Å². The maximum Gasteiger partial charge on any atom is 0.325 e. The topological polar surface area (TPSA) is 98.2 Å². The molecule has 0 aromatic carbocycles. The van der Waals surface area contributed by atoms with Crippen molar-refractivity contribution in [2.45, 2.75) is 26.4 Å². The Morgan fingerprint density at radius 2 is 2.33 bits per heavy atom. The van der Waals surface area contributed by atoms with Gasteiger partial charge in [0.1, 0.15) is 11.9 Å². The van der Waals surface area contributed by atoms with Crippen LogP contribution in [0.4, 0.5) is 0 Å². The van der Waals surface area contributed by atoms with E-state index >= 15 is 0 Å². The Labute approximate surface area is 86.4 Å². The molecule has 6 nitrogen and oxygen atoms in total. The summed E-state index contributed by atoms with van der Waals surface area (Å²) in [7, 11) is 0. The molecule has 1 unspecified atom stereocenters. The molecule has 0 aliphatic rings. The van der Waals surface area contributed by atoms with Crippen molar-refractivity contribution in [2.24, 2.45) is 5.73 Å². The van der Waals surface area contributed by atoms with Crippen LogP contribution in [0.3, 0.4) is 0 Å². The van der Waals surface area contributed by atoms with Crippen molar-refractivity contribution < 1.29 is 9.90 Å². The Kier molecular flexibility index (Phi) is 3.21. The zero-order valence-electron chi connectivity index (χ0n) is 8.60. The molecule has 0 spiro atoms. The molecule has 15 heavy (non-hydrogen) atoms. The molecule has 1 aromatic heterocycles. The van der Waals surface area contributed by atoms with Crippen molar-refractivity contribution in [1.82, 2.24) is 9.55 Å². The van der Waals surface area contributed by atoms with Crippen molar-refractivity contribution in [2.75, 3.05) is 0 Å². The molecule has 0 bridgehead atoms. The van der Waals surface area contributed by atoms with E-state index in [4.69, 9.17) is 10.8 Å². The van der Waals surface area contributed by atoms with Crippen LogP contribution in [0.25, 0.3) is 0 Å². The normalized spacial score (nSPS) is 12.5. The zero-order valence-corrected chi connectivity index (χ0v) is 8.60. The smallest absolute Gasteiger partial charge is 0.325 e. The summed E-state index contributed by atoms with van der Waals surface area (Å²) >= 11 is 0. The van der Waals surface area contributed by atoms with E-state index in [9.17, 15) is 9.59 Å². The van der Waals surface area contributed by atoms with E-state index in [0.717, 1.165) is 0 Å². The molecular formula is C9H13N3O3. The third-order valence-corrected chi connectivity index (χ3v) is 2.19. The van der Waals surface area contributed by atoms with Crippen LogP contribution in [0.5, 0.6) is 0 Å². The lowest BCUT2D eigenvalue weighted by atomic mass is 10.1. The molecule has 1 atom stereocenters. The molecule has 0 radical (unpaired) electrons. The lowest BCUT2D eigenvalue weighted by Gasteiger charge is -2.10. The van der Waals surface area contributed by atoms with E-state index in [2.05, 4.69) is 4.98 Å². The summed E-state index contributed by atoms with van der Waals surface area (Å²) in [6.45, 7) is 3.91. The molecule has 0 saturated heterocycles. The molecule has 82 valence electrons. The van der Waals surface area contributed by atoms with Gasteiger partial charge in [-0.3, -0.25) is 14.2 Å². The van der Waals surface area contributed by atoms with Gasteiger partial charge >= 0.3 is 5.97 Å². The second-order valence-corrected chi connectivity index (χ2v) is 3.13. The van der Waals surface area contributed by atoms with Crippen molar-refractivity contribution in [3.8, 4) is 0 Å². The first-order valence-corrected chi connectivity index (χ1v) is 4.53.